The normalized spacial score (nSPS) is 11.3. The highest BCUT2D eigenvalue weighted by atomic mass is 79.9. The van der Waals surface area contributed by atoms with Gasteiger partial charge in [0.25, 0.3) is 0 Å². The number of benzene rings is 2. The van der Waals surface area contributed by atoms with Gasteiger partial charge in [-0.1, -0.05) is 28.1 Å². The Morgan fingerprint density at radius 2 is 1.70 bits per heavy atom. The van der Waals surface area contributed by atoms with E-state index < -0.39 is 10.0 Å². The van der Waals surface area contributed by atoms with Crippen LogP contribution < -0.4 is 10.5 Å². The predicted octanol–water partition coefficient (Wildman–Crippen LogP) is 3.74. The summed E-state index contributed by atoms with van der Waals surface area (Å²) in [6.45, 7) is 0. The minimum Gasteiger partial charge on any atom is -0.399 e. The minimum absolute atomic E-state index is 0.105. The van der Waals surface area contributed by atoms with Crippen molar-refractivity contribution in [3.8, 4) is 0 Å². The average molecular weight is 420 g/mol. The van der Waals surface area contributed by atoms with Crippen LogP contribution in [0.15, 0.2) is 51.4 Å². The Morgan fingerprint density at radius 1 is 1.05 bits per heavy atom. The van der Waals surface area contributed by atoms with E-state index in [1.807, 2.05) is 6.07 Å². The third kappa shape index (κ3) is 4.22. The van der Waals surface area contributed by atoms with Gasteiger partial charge in [-0.3, -0.25) is 4.72 Å². The third-order valence-electron chi connectivity index (χ3n) is 2.53. The first-order valence-electron chi connectivity index (χ1n) is 5.66. The lowest BCUT2D eigenvalue weighted by atomic mass is 10.2. The van der Waals surface area contributed by atoms with E-state index in [4.69, 9.17) is 5.73 Å². The van der Waals surface area contributed by atoms with Crippen molar-refractivity contribution in [2.45, 2.75) is 5.75 Å². The molecule has 0 aliphatic carbocycles. The van der Waals surface area contributed by atoms with Crippen LogP contribution >= 0.6 is 31.9 Å². The fraction of sp³-hybridized carbons (Fsp3) is 0.0769. The van der Waals surface area contributed by atoms with Gasteiger partial charge in [-0.05, 0) is 51.8 Å². The lowest BCUT2D eigenvalue weighted by Crippen LogP contribution is -2.15. The molecule has 4 nitrogen and oxygen atoms in total. The zero-order valence-corrected chi connectivity index (χ0v) is 14.3. The zero-order valence-electron chi connectivity index (χ0n) is 10.3. The first-order valence-corrected chi connectivity index (χ1v) is 8.89. The lowest BCUT2D eigenvalue weighted by molar-refractivity contribution is 0.600. The van der Waals surface area contributed by atoms with E-state index in [9.17, 15) is 8.42 Å². The van der Waals surface area contributed by atoms with E-state index in [-0.39, 0.29) is 5.75 Å². The highest BCUT2D eigenvalue weighted by molar-refractivity contribution is 9.11. The quantitative estimate of drug-likeness (QED) is 0.741. The number of hydrogen-bond acceptors (Lipinski definition) is 3. The van der Waals surface area contributed by atoms with Crippen LogP contribution in [0.4, 0.5) is 11.4 Å². The highest BCUT2D eigenvalue weighted by Gasteiger charge is 2.13. The fourth-order valence-electron chi connectivity index (χ4n) is 1.61. The summed E-state index contributed by atoms with van der Waals surface area (Å²) >= 11 is 6.62. The summed E-state index contributed by atoms with van der Waals surface area (Å²) in [4.78, 5) is 0. The summed E-state index contributed by atoms with van der Waals surface area (Å²) in [6.07, 6.45) is 0. The summed E-state index contributed by atoms with van der Waals surface area (Å²) in [5.74, 6) is -0.105. The largest absolute Gasteiger partial charge is 0.399 e. The van der Waals surface area contributed by atoms with Gasteiger partial charge in [-0.2, -0.15) is 0 Å². The monoisotopic (exact) mass is 418 g/mol. The van der Waals surface area contributed by atoms with Gasteiger partial charge in [0, 0.05) is 14.6 Å². The number of hydrogen-bond donors (Lipinski definition) is 2. The van der Waals surface area contributed by atoms with Gasteiger partial charge in [0.1, 0.15) is 0 Å². The smallest absolute Gasteiger partial charge is 0.236 e. The Labute approximate surface area is 134 Å². The molecule has 0 bridgehead atoms. The molecule has 2 aromatic rings. The molecule has 0 saturated carbocycles. The highest BCUT2D eigenvalue weighted by Crippen LogP contribution is 2.27. The molecule has 2 aromatic carbocycles. The van der Waals surface area contributed by atoms with Crippen LogP contribution in [0.3, 0.4) is 0 Å². The van der Waals surface area contributed by atoms with Crippen LogP contribution in [0.1, 0.15) is 5.56 Å². The predicted molar refractivity (Wildman–Crippen MR) is 88.9 cm³/mol. The van der Waals surface area contributed by atoms with Crippen molar-refractivity contribution in [2.24, 2.45) is 0 Å². The summed E-state index contributed by atoms with van der Waals surface area (Å²) in [5.41, 5.74) is 7.35. The molecule has 0 heterocycles. The molecular weight excluding hydrogens is 408 g/mol. The van der Waals surface area contributed by atoms with E-state index >= 15 is 0 Å². The van der Waals surface area contributed by atoms with E-state index in [2.05, 4.69) is 36.6 Å². The topological polar surface area (TPSA) is 72.2 Å². The molecule has 2 rings (SSSR count). The maximum Gasteiger partial charge on any atom is 0.236 e. The average Bonchev–Trinajstić information content (AvgIpc) is 2.36. The summed E-state index contributed by atoms with van der Waals surface area (Å²) in [7, 11) is -3.48. The summed E-state index contributed by atoms with van der Waals surface area (Å²) < 4.78 is 28.3. The van der Waals surface area contributed by atoms with Crippen LogP contribution in [0, 0.1) is 0 Å². The van der Waals surface area contributed by atoms with Gasteiger partial charge in [-0.15, -0.1) is 0 Å². The molecule has 0 atom stereocenters. The Morgan fingerprint density at radius 3 is 2.35 bits per heavy atom. The number of nitrogen functional groups attached to an aromatic ring is 1. The van der Waals surface area contributed by atoms with Crippen LogP contribution in [-0.2, 0) is 15.8 Å². The SMILES string of the molecule is Nc1ccc(CS(=O)(=O)Nc2cc(Br)ccc2Br)cc1. The van der Waals surface area contributed by atoms with E-state index in [0.29, 0.717) is 21.4 Å². The molecule has 0 amide bonds. The van der Waals surface area contributed by atoms with Gasteiger partial charge in [0.05, 0.1) is 11.4 Å². The van der Waals surface area contributed by atoms with Crippen molar-refractivity contribution in [1.82, 2.24) is 0 Å². The molecule has 0 fully saturated rings. The van der Waals surface area contributed by atoms with Gasteiger partial charge in [-0.25, -0.2) is 8.42 Å². The number of anilines is 2. The molecule has 0 saturated heterocycles. The van der Waals surface area contributed by atoms with Crippen LogP contribution in [0.25, 0.3) is 0 Å². The number of nitrogens with one attached hydrogen (secondary N) is 1. The van der Waals surface area contributed by atoms with E-state index in [1.54, 1.807) is 36.4 Å². The summed E-state index contributed by atoms with van der Waals surface area (Å²) in [5, 5.41) is 0. The molecule has 0 aliphatic heterocycles. The molecule has 7 heteroatoms. The Kier molecular flexibility index (Phi) is 4.72. The number of sulfonamides is 1. The minimum atomic E-state index is -3.48. The summed E-state index contributed by atoms with van der Waals surface area (Å²) in [6, 6.07) is 12.0. The van der Waals surface area contributed by atoms with E-state index in [1.165, 1.54) is 0 Å². The zero-order chi connectivity index (χ0) is 14.8. The number of halogens is 2. The first kappa shape index (κ1) is 15.3. The van der Waals surface area contributed by atoms with Gasteiger partial charge >= 0.3 is 0 Å². The molecule has 20 heavy (non-hydrogen) atoms. The second-order valence-electron chi connectivity index (χ2n) is 4.23. The fourth-order valence-corrected chi connectivity index (χ4v) is 3.66. The van der Waals surface area contributed by atoms with Crippen molar-refractivity contribution in [3.63, 3.8) is 0 Å². The Balaban J connectivity index is 2.19. The van der Waals surface area contributed by atoms with Crippen molar-refractivity contribution in [1.29, 1.82) is 0 Å². The number of nitrogens with two attached hydrogens (primary N) is 1. The van der Waals surface area contributed by atoms with Gasteiger partial charge in [0.2, 0.25) is 10.0 Å². The Hall–Kier alpha value is -1.05. The van der Waals surface area contributed by atoms with Crippen LogP contribution in [0.5, 0.6) is 0 Å². The molecule has 0 spiro atoms. The first-order chi connectivity index (χ1) is 9.35. The molecule has 3 N–H and O–H groups in total. The molecule has 0 radical (unpaired) electrons. The second-order valence-corrected chi connectivity index (χ2v) is 7.72. The van der Waals surface area contributed by atoms with Crippen LogP contribution in [0.2, 0.25) is 0 Å². The number of rotatable bonds is 4. The molecular formula is C13H12Br2N2O2S. The van der Waals surface area contributed by atoms with Gasteiger partial charge in [0.15, 0.2) is 0 Å². The van der Waals surface area contributed by atoms with Crippen LogP contribution in [-0.4, -0.2) is 8.42 Å². The van der Waals surface area contributed by atoms with E-state index in [0.717, 1.165) is 4.47 Å². The molecule has 0 aliphatic rings. The maximum absolute atomic E-state index is 12.1. The lowest BCUT2D eigenvalue weighted by Gasteiger charge is -2.10. The maximum atomic E-state index is 12.1. The molecule has 0 aromatic heterocycles. The van der Waals surface area contributed by atoms with Crippen molar-refractivity contribution < 1.29 is 8.42 Å². The Bertz CT molecular complexity index is 716. The van der Waals surface area contributed by atoms with Gasteiger partial charge < -0.3 is 5.73 Å². The standard InChI is InChI=1S/C13H12Br2N2O2S/c14-10-3-6-12(15)13(7-10)17-20(18,19)8-9-1-4-11(16)5-2-9/h1-7,17H,8,16H2. The third-order valence-corrected chi connectivity index (χ3v) is 4.96. The molecule has 0 unspecified atom stereocenters. The molecule has 106 valence electrons. The van der Waals surface area contributed by atoms with Crippen molar-refractivity contribution in [2.75, 3.05) is 10.5 Å². The van der Waals surface area contributed by atoms with Crippen molar-refractivity contribution >= 4 is 53.3 Å². The second kappa shape index (κ2) is 6.15. The van der Waals surface area contributed by atoms with Crippen molar-refractivity contribution in [3.05, 3.63) is 57.0 Å².